The fraction of sp³-hybridized carbons (Fsp3) is 0.0741. The molecule has 0 atom stereocenters. The molecule has 0 spiro atoms. The molecular weight excluding hydrogens is 485 g/mol. The summed E-state index contributed by atoms with van der Waals surface area (Å²) in [5.74, 6) is -0.0696. The van der Waals surface area contributed by atoms with Crippen molar-refractivity contribution >= 4 is 68.3 Å². The highest BCUT2D eigenvalue weighted by Gasteiger charge is 2.20. The number of hydrogen-bond donors (Lipinski definition) is 2. The van der Waals surface area contributed by atoms with Gasteiger partial charge in [0.25, 0.3) is 5.91 Å². The number of hydrogen-bond acceptors (Lipinski definition) is 4. The van der Waals surface area contributed by atoms with Crippen LogP contribution in [0.3, 0.4) is 0 Å². The highest BCUT2D eigenvalue weighted by Crippen LogP contribution is 2.33. The van der Waals surface area contributed by atoms with E-state index in [9.17, 15) is 9.59 Å². The van der Waals surface area contributed by atoms with E-state index in [-0.39, 0.29) is 27.9 Å². The summed E-state index contributed by atoms with van der Waals surface area (Å²) >= 11 is 12.4. The molecule has 3 aromatic carbocycles. The summed E-state index contributed by atoms with van der Waals surface area (Å²) in [5.41, 5.74) is 3.20. The van der Waals surface area contributed by atoms with E-state index in [2.05, 4.69) is 15.6 Å². The number of benzene rings is 3. The lowest BCUT2D eigenvalue weighted by Crippen LogP contribution is -2.15. The van der Waals surface area contributed by atoms with E-state index in [1.807, 2.05) is 36.4 Å². The molecule has 0 fully saturated rings. The molecule has 0 radical (unpaired) electrons. The fourth-order valence-corrected chi connectivity index (χ4v) is 4.64. The number of rotatable bonds is 5. The number of halogens is 2. The van der Waals surface area contributed by atoms with Crippen molar-refractivity contribution in [1.82, 2.24) is 4.98 Å². The van der Waals surface area contributed by atoms with E-state index < -0.39 is 5.91 Å². The lowest BCUT2D eigenvalue weighted by Gasteiger charge is -2.09. The Kier molecular flexibility index (Phi) is 6.16. The number of fused-ring (bicyclic) bond motifs is 2. The highest BCUT2D eigenvalue weighted by molar-refractivity contribution is 6.40. The Morgan fingerprint density at radius 3 is 2.37 bits per heavy atom. The summed E-state index contributed by atoms with van der Waals surface area (Å²) < 4.78 is 5.98. The van der Waals surface area contributed by atoms with Gasteiger partial charge in [-0.25, -0.2) is 0 Å². The van der Waals surface area contributed by atoms with Crippen molar-refractivity contribution in [3.63, 3.8) is 0 Å². The molecule has 0 aliphatic rings. The zero-order valence-corrected chi connectivity index (χ0v) is 20.1. The van der Waals surface area contributed by atoms with Crippen molar-refractivity contribution in [2.45, 2.75) is 13.3 Å². The minimum Gasteiger partial charge on any atom is -0.459 e. The van der Waals surface area contributed by atoms with Crippen LogP contribution < -0.4 is 10.6 Å². The maximum atomic E-state index is 13.0. The van der Waals surface area contributed by atoms with Crippen LogP contribution in [0.1, 0.15) is 21.7 Å². The predicted octanol–water partition coefficient (Wildman–Crippen LogP) is 7.03. The molecule has 0 aliphatic carbocycles. The molecule has 2 aromatic heterocycles. The van der Waals surface area contributed by atoms with Gasteiger partial charge in [-0.1, -0.05) is 59.6 Å². The molecule has 5 rings (SSSR count). The van der Waals surface area contributed by atoms with Crippen LogP contribution in [0.15, 0.2) is 77.3 Å². The Bertz CT molecular complexity index is 1590. The van der Waals surface area contributed by atoms with Gasteiger partial charge >= 0.3 is 0 Å². The van der Waals surface area contributed by atoms with Gasteiger partial charge in [-0.2, -0.15) is 0 Å². The number of aromatic nitrogens is 1. The van der Waals surface area contributed by atoms with Crippen molar-refractivity contribution in [2.75, 3.05) is 10.6 Å². The smallest absolute Gasteiger partial charge is 0.258 e. The van der Waals surface area contributed by atoms with Crippen LogP contribution in [0.4, 0.5) is 11.4 Å². The first-order chi connectivity index (χ1) is 16.9. The van der Waals surface area contributed by atoms with Crippen LogP contribution in [-0.4, -0.2) is 16.8 Å². The average Bonchev–Trinajstić information content (AvgIpc) is 3.15. The van der Waals surface area contributed by atoms with Crippen molar-refractivity contribution in [2.24, 2.45) is 0 Å². The molecule has 2 N–H and O–H groups in total. The average molecular weight is 504 g/mol. The lowest BCUT2D eigenvalue weighted by molar-refractivity contribution is -0.115. The number of furan rings is 1. The molecule has 8 heteroatoms. The largest absolute Gasteiger partial charge is 0.459 e. The number of amides is 2. The van der Waals surface area contributed by atoms with Crippen LogP contribution in [-0.2, 0) is 11.2 Å². The van der Waals surface area contributed by atoms with Crippen LogP contribution >= 0.6 is 23.2 Å². The number of nitrogens with zero attached hydrogens (tertiary/aromatic N) is 1. The van der Waals surface area contributed by atoms with Crippen molar-refractivity contribution < 1.29 is 14.0 Å². The number of anilines is 2. The van der Waals surface area contributed by atoms with Gasteiger partial charge in [-0.3, -0.25) is 14.6 Å². The van der Waals surface area contributed by atoms with E-state index >= 15 is 0 Å². The van der Waals surface area contributed by atoms with E-state index in [1.54, 1.807) is 43.5 Å². The summed E-state index contributed by atoms with van der Waals surface area (Å²) in [6.45, 7) is 1.79. The van der Waals surface area contributed by atoms with E-state index in [0.717, 1.165) is 21.9 Å². The van der Waals surface area contributed by atoms with Gasteiger partial charge in [-0.05, 0) is 37.3 Å². The van der Waals surface area contributed by atoms with Gasteiger partial charge in [0.1, 0.15) is 5.76 Å². The first-order valence-corrected chi connectivity index (χ1v) is 11.6. The van der Waals surface area contributed by atoms with Gasteiger partial charge in [0.15, 0.2) is 5.58 Å². The number of carbonyl (C=O) groups excluding carboxylic acids is 2. The normalized spacial score (nSPS) is 11.1. The Morgan fingerprint density at radius 1 is 0.886 bits per heavy atom. The van der Waals surface area contributed by atoms with Gasteiger partial charge in [0.2, 0.25) is 5.91 Å². The van der Waals surface area contributed by atoms with Crippen molar-refractivity contribution in [1.29, 1.82) is 0 Å². The molecule has 5 aromatic rings. The minimum absolute atomic E-state index is 0.0931. The first-order valence-electron chi connectivity index (χ1n) is 10.8. The summed E-state index contributed by atoms with van der Waals surface area (Å²) in [4.78, 5) is 30.2. The fourth-order valence-electron chi connectivity index (χ4n) is 4.07. The quantitative estimate of drug-likeness (QED) is 0.269. The highest BCUT2D eigenvalue weighted by atomic mass is 35.5. The Labute approximate surface area is 210 Å². The Morgan fingerprint density at radius 2 is 1.57 bits per heavy atom. The maximum absolute atomic E-state index is 13.0. The second kappa shape index (κ2) is 9.41. The lowest BCUT2D eigenvalue weighted by atomic mass is 10.1. The van der Waals surface area contributed by atoms with E-state index in [1.165, 1.54) is 0 Å². The molecule has 0 aliphatic heterocycles. The zero-order valence-electron chi connectivity index (χ0n) is 18.6. The SMILES string of the molecule is Cc1oc2c(NC(=O)c3c(Cl)cccc3Cl)cccc2c1CC(=O)Nc1cccc2cccnc12. The van der Waals surface area contributed by atoms with Crippen molar-refractivity contribution in [3.05, 3.63) is 99.9 Å². The Balaban J connectivity index is 1.42. The monoisotopic (exact) mass is 503 g/mol. The second-order valence-electron chi connectivity index (χ2n) is 7.98. The van der Waals surface area contributed by atoms with Crippen LogP contribution in [0.25, 0.3) is 21.9 Å². The number of pyridine rings is 1. The Hall–Kier alpha value is -3.87. The zero-order chi connectivity index (χ0) is 24.5. The van der Waals surface area contributed by atoms with E-state index in [0.29, 0.717) is 22.7 Å². The molecule has 2 amide bonds. The van der Waals surface area contributed by atoms with Crippen molar-refractivity contribution in [3.8, 4) is 0 Å². The van der Waals surface area contributed by atoms with Crippen LogP contribution in [0.2, 0.25) is 10.0 Å². The number of carbonyl (C=O) groups is 2. The maximum Gasteiger partial charge on any atom is 0.258 e. The molecule has 0 bridgehead atoms. The third kappa shape index (κ3) is 4.46. The van der Waals surface area contributed by atoms with Crippen LogP contribution in [0.5, 0.6) is 0 Å². The van der Waals surface area contributed by atoms with Gasteiger partial charge in [-0.15, -0.1) is 0 Å². The molecule has 174 valence electrons. The van der Waals surface area contributed by atoms with E-state index in [4.69, 9.17) is 27.6 Å². The molecule has 0 saturated carbocycles. The second-order valence-corrected chi connectivity index (χ2v) is 8.79. The number of aryl methyl sites for hydroxylation is 1. The first kappa shape index (κ1) is 22.9. The summed E-state index contributed by atoms with van der Waals surface area (Å²) in [5, 5.41) is 7.95. The third-order valence-electron chi connectivity index (χ3n) is 5.70. The molecular formula is C27H19Cl2N3O3. The van der Waals surface area contributed by atoms with Crippen LogP contribution in [0, 0.1) is 6.92 Å². The minimum atomic E-state index is -0.454. The van der Waals surface area contributed by atoms with Gasteiger partial charge in [0.05, 0.1) is 38.9 Å². The predicted molar refractivity (Wildman–Crippen MR) is 139 cm³/mol. The standard InChI is InChI=1S/C27H19Cl2N3O3/c1-15-18(14-23(33)31-21-11-2-6-16-7-5-13-30-25(16)21)17-8-3-12-22(26(17)35-15)32-27(34)24-19(28)9-4-10-20(24)29/h2-13H,14H2,1H3,(H,31,33)(H,32,34). The number of para-hydroxylation sites is 2. The summed E-state index contributed by atoms with van der Waals surface area (Å²) in [6.07, 6.45) is 1.78. The molecule has 35 heavy (non-hydrogen) atoms. The molecule has 0 unspecified atom stereocenters. The summed E-state index contributed by atoms with van der Waals surface area (Å²) in [7, 11) is 0. The number of nitrogens with one attached hydrogen (secondary N) is 2. The molecule has 0 saturated heterocycles. The third-order valence-corrected chi connectivity index (χ3v) is 6.33. The summed E-state index contributed by atoms with van der Waals surface area (Å²) in [6, 6.07) is 19.7. The molecule has 2 heterocycles. The topological polar surface area (TPSA) is 84.2 Å². The molecule has 6 nitrogen and oxygen atoms in total. The van der Waals surface area contributed by atoms with Gasteiger partial charge < -0.3 is 15.1 Å². The van der Waals surface area contributed by atoms with Gasteiger partial charge in [0, 0.05) is 22.5 Å².